The number of hydrogen-bond donors (Lipinski definition) is 6. The van der Waals surface area contributed by atoms with E-state index in [2.05, 4.69) is 122 Å². The van der Waals surface area contributed by atoms with Crippen molar-refractivity contribution >= 4 is 99.3 Å². The molecule has 396 valence electrons. The van der Waals surface area contributed by atoms with Crippen LogP contribution in [-0.2, 0) is 29.5 Å². The van der Waals surface area contributed by atoms with Crippen molar-refractivity contribution in [1.29, 1.82) is 0 Å². The minimum absolute atomic E-state index is 0.132. The summed E-state index contributed by atoms with van der Waals surface area (Å²) in [5.74, 6) is -1.63. The maximum atomic E-state index is 12.7. The molecule has 0 aliphatic heterocycles. The number of carboxylic acids is 1. The van der Waals surface area contributed by atoms with Gasteiger partial charge in [0.05, 0.1) is 64.9 Å². The highest BCUT2D eigenvalue weighted by molar-refractivity contribution is 9.10. The number of hydrogen-bond acceptors (Lipinski definition) is 14. The molecule has 6 N–H and O–H groups in total. The van der Waals surface area contributed by atoms with Crippen molar-refractivity contribution in [2.75, 3.05) is 13.2 Å². The molecule has 25 heteroatoms. The largest absolute Gasteiger partial charge is 0.478 e. The molecule has 21 nitrogen and oxygen atoms in total. The highest BCUT2D eigenvalue weighted by Crippen LogP contribution is 2.24. The molecule has 2 atom stereocenters. The summed E-state index contributed by atoms with van der Waals surface area (Å²) >= 11 is 6.52. The van der Waals surface area contributed by atoms with Crippen LogP contribution < -0.4 is 10.6 Å². The lowest BCUT2D eigenvalue weighted by Gasteiger charge is -2.26. The smallest absolute Gasteiger partial charge is 0.339 e. The zero-order valence-electron chi connectivity index (χ0n) is 43.8. The average Bonchev–Trinajstić information content (AvgIpc) is 4.10. The summed E-state index contributed by atoms with van der Waals surface area (Å²) < 4.78 is 17.8. The molecule has 7 heterocycles. The number of carbonyl (C=O) groups is 3. The Hall–Kier alpha value is -5.29. The molecule has 0 aromatic carbocycles. The quantitative estimate of drug-likeness (QED) is 0.0328. The summed E-state index contributed by atoms with van der Waals surface area (Å²) in [5.41, 5.74) is 3.37. The van der Waals surface area contributed by atoms with Crippen LogP contribution in [-0.4, -0.2) is 140 Å². The van der Waals surface area contributed by atoms with E-state index < -0.39 is 45.4 Å². The molecule has 0 saturated carbocycles. The standard InChI is InChI=1S/C18H29BrN4O3Si.C17H22N6O2.C13H18BrN3O3Si/c1-12(18(2,3)25)21-17(24)13-10-23(11-26-7-8-27(4,5)6)16-15(13)22-14(19)9-20-16;1-5-23-9-11(6-20-23)13-8-19-15-14(22-13)12(7-18-15)16(24)21-10(2)17(3,4)25;1-21(2,3)5-4-20-8-17-7-9(13(18)19)11-12(17)15-6-10(14)16-11/h9-10,12,25H,7-8,11H2,1-6H3,(H,21,24);6-10,25H,5H2,1-4H3,(H,18,19)(H,21,24);6-7H,4-5,8H2,1-3H3,(H,18,19)/t12-;10-;/m11./s1. The Morgan fingerprint density at radius 3 is 1.63 bits per heavy atom. The molecular weight excluding hydrogens is 1100 g/mol. The number of aryl methyl sites for hydroxylation is 1. The van der Waals surface area contributed by atoms with Crippen LogP contribution in [0.3, 0.4) is 0 Å². The van der Waals surface area contributed by atoms with Crippen molar-refractivity contribution in [1.82, 2.24) is 64.4 Å². The van der Waals surface area contributed by atoms with Crippen molar-refractivity contribution in [3.8, 4) is 11.3 Å². The zero-order chi connectivity index (χ0) is 54.2. The molecule has 0 spiro atoms. The minimum atomic E-state index is -1.16. The fourth-order valence-corrected chi connectivity index (χ4v) is 8.51. The van der Waals surface area contributed by atoms with Gasteiger partial charge in [0, 0.05) is 66.3 Å². The lowest BCUT2D eigenvalue weighted by molar-refractivity contribution is 0.0408. The maximum Gasteiger partial charge on any atom is 0.339 e. The first-order valence-corrected chi connectivity index (χ1v) is 32.8. The van der Waals surface area contributed by atoms with Crippen LogP contribution in [0.15, 0.2) is 58.8 Å². The molecule has 0 unspecified atom stereocenters. The maximum absolute atomic E-state index is 12.7. The molecule has 0 saturated heterocycles. The molecule has 0 aliphatic carbocycles. The third-order valence-corrected chi connectivity index (χ3v) is 15.9. The van der Waals surface area contributed by atoms with Gasteiger partial charge in [0.15, 0.2) is 16.9 Å². The van der Waals surface area contributed by atoms with Gasteiger partial charge in [-0.25, -0.2) is 34.7 Å². The number of rotatable bonds is 19. The van der Waals surface area contributed by atoms with Gasteiger partial charge in [0.2, 0.25) is 0 Å². The number of nitrogens with zero attached hydrogens (tertiary/aromatic N) is 10. The number of carbonyl (C=O) groups excluding carboxylic acids is 2. The molecule has 7 rings (SSSR count). The Morgan fingerprint density at radius 1 is 0.699 bits per heavy atom. The predicted molar refractivity (Wildman–Crippen MR) is 293 cm³/mol. The van der Waals surface area contributed by atoms with Gasteiger partial charge in [-0.15, -0.1) is 0 Å². The van der Waals surface area contributed by atoms with Gasteiger partial charge < -0.3 is 49.5 Å². The molecule has 0 aliphatic rings. The number of ether oxygens (including phenoxy) is 2. The van der Waals surface area contributed by atoms with Gasteiger partial charge in [-0.05, 0) is 92.4 Å². The Kier molecular flexibility index (Phi) is 19.6. The van der Waals surface area contributed by atoms with Crippen molar-refractivity contribution in [3.63, 3.8) is 0 Å². The Morgan fingerprint density at radius 2 is 1.18 bits per heavy atom. The van der Waals surface area contributed by atoms with Crippen molar-refractivity contribution < 1.29 is 39.2 Å². The minimum Gasteiger partial charge on any atom is -0.478 e. The number of fused-ring (bicyclic) bond motifs is 3. The number of H-pyrrole nitrogens is 1. The van der Waals surface area contributed by atoms with E-state index in [1.807, 2.05) is 13.1 Å². The Balaban J connectivity index is 0.000000205. The number of aliphatic hydroxyl groups is 2. The topological polar surface area (TPSA) is 275 Å². The van der Waals surface area contributed by atoms with E-state index in [1.165, 1.54) is 6.20 Å². The normalized spacial score (nSPS) is 13.1. The number of amides is 2. The highest BCUT2D eigenvalue weighted by atomic mass is 79.9. The molecule has 7 aromatic heterocycles. The fourth-order valence-electron chi connectivity index (χ4n) is 6.44. The molecule has 0 bridgehead atoms. The van der Waals surface area contributed by atoms with Crippen LogP contribution in [0.25, 0.3) is 44.7 Å². The van der Waals surface area contributed by atoms with Crippen molar-refractivity contribution in [2.45, 2.75) is 143 Å². The van der Waals surface area contributed by atoms with E-state index >= 15 is 0 Å². The van der Waals surface area contributed by atoms with E-state index in [1.54, 1.807) is 92.5 Å². The van der Waals surface area contributed by atoms with E-state index in [0.717, 1.165) is 24.2 Å². The Bertz CT molecular complexity index is 3020. The molecule has 2 amide bonds. The SMILES string of the molecule is CCn1cc(-c2cnc3[nH]cc(C(=O)N[C@H](C)C(C)(C)O)c3n2)cn1.C[C@@H](NC(=O)c1cn(COCC[Si](C)(C)C)c2ncc(Br)nc12)C(C)(C)O.C[Si](C)(C)CCOCn1cc(C(=O)O)c2nc(Br)cnc21. The predicted octanol–water partition coefficient (Wildman–Crippen LogP) is 8.33. The van der Waals surface area contributed by atoms with Crippen molar-refractivity contribution in [3.05, 3.63) is 75.5 Å². The zero-order valence-corrected chi connectivity index (χ0v) is 49.0. The van der Waals surface area contributed by atoms with Crippen LogP contribution in [0.1, 0.15) is 79.5 Å². The first kappa shape index (κ1) is 58.6. The van der Waals surface area contributed by atoms with Crippen LogP contribution >= 0.6 is 31.9 Å². The number of halogens is 2. The lowest BCUT2D eigenvalue weighted by atomic mass is 10.0. The lowest BCUT2D eigenvalue weighted by Crippen LogP contribution is -2.47. The number of aromatic carboxylic acids is 1. The molecular formula is C48H69Br2N13O8Si2. The first-order valence-electron chi connectivity index (χ1n) is 23.8. The second kappa shape index (κ2) is 24.4. The van der Waals surface area contributed by atoms with Crippen molar-refractivity contribution in [2.24, 2.45) is 0 Å². The highest BCUT2D eigenvalue weighted by Gasteiger charge is 2.28. The summed E-state index contributed by atoms with van der Waals surface area (Å²) in [6.07, 6.45) is 13.2. The van der Waals surface area contributed by atoms with Crippen LogP contribution in [0.2, 0.25) is 51.4 Å². The van der Waals surface area contributed by atoms with Gasteiger partial charge in [-0.3, -0.25) is 14.3 Å². The fraction of sp³-hybridized carbons (Fsp3) is 0.500. The van der Waals surface area contributed by atoms with Crippen LogP contribution in [0.4, 0.5) is 0 Å². The van der Waals surface area contributed by atoms with E-state index in [-0.39, 0.29) is 24.1 Å². The summed E-state index contributed by atoms with van der Waals surface area (Å²) in [5, 5.41) is 39.2. The van der Waals surface area contributed by atoms with Crippen LogP contribution in [0.5, 0.6) is 0 Å². The number of carboxylic acid groups (broad SMARTS) is 1. The summed E-state index contributed by atoms with van der Waals surface area (Å²) in [4.78, 5) is 65.7. The van der Waals surface area contributed by atoms with E-state index in [9.17, 15) is 29.7 Å². The van der Waals surface area contributed by atoms with Gasteiger partial charge in [0.25, 0.3) is 11.8 Å². The van der Waals surface area contributed by atoms with E-state index in [4.69, 9.17) is 9.47 Å². The molecule has 7 aromatic rings. The Labute approximate surface area is 443 Å². The van der Waals surface area contributed by atoms with Gasteiger partial charge in [-0.2, -0.15) is 5.10 Å². The summed E-state index contributed by atoms with van der Waals surface area (Å²) in [7, 11) is -2.29. The second-order valence-electron chi connectivity index (χ2n) is 21.2. The van der Waals surface area contributed by atoms with E-state index in [0.29, 0.717) is 79.5 Å². The second-order valence-corrected chi connectivity index (χ2v) is 34.1. The number of nitrogens with one attached hydrogen (secondary N) is 3. The first-order chi connectivity index (χ1) is 33.9. The van der Waals surface area contributed by atoms with Gasteiger partial charge in [-0.1, -0.05) is 39.3 Å². The average molecular weight is 1170 g/mol. The summed E-state index contributed by atoms with van der Waals surface area (Å²) in [6.45, 7) is 28.6. The number of aromatic amines is 1. The molecule has 0 radical (unpaired) electrons. The monoisotopic (exact) mass is 1170 g/mol. The van der Waals surface area contributed by atoms with Gasteiger partial charge >= 0.3 is 5.97 Å². The van der Waals surface area contributed by atoms with Crippen LogP contribution in [0, 0.1) is 0 Å². The molecule has 73 heavy (non-hydrogen) atoms. The number of aromatic nitrogens is 11. The third kappa shape index (κ3) is 16.6. The third-order valence-electron chi connectivity index (χ3n) is 11.7. The molecule has 0 fully saturated rings. The van der Waals surface area contributed by atoms with Gasteiger partial charge in [0.1, 0.15) is 44.8 Å². The summed E-state index contributed by atoms with van der Waals surface area (Å²) in [6, 6.07) is 1.30.